The Morgan fingerprint density at radius 3 is 2.86 bits per heavy atom. The first-order valence-electron chi connectivity index (χ1n) is 6.43. The van der Waals surface area contributed by atoms with Gasteiger partial charge in [0.1, 0.15) is 11.6 Å². The Morgan fingerprint density at radius 2 is 2.18 bits per heavy atom. The van der Waals surface area contributed by atoms with Gasteiger partial charge < -0.3 is 14.5 Å². The van der Waals surface area contributed by atoms with Gasteiger partial charge in [-0.25, -0.2) is 9.18 Å². The van der Waals surface area contributed by atoms with Crippen molar-refractivity contribution >= 4 is 27.8 Å². The maximum Gasteiger partial charge on any atom is 0.340 e. The number of rotatable bonds is 5. The number of hydrogen-bond acceptors (Lipinski definition) is 4. The van der Waals surface area contributed by atoms with Crippen LogP contribution in [0.25, 0.3) is 0 Å². The number of amides is 1. The van der Waals surface area contributed by atoms with Crippen LogP contribution in [0.2, 0.25) is 0 Å². The lowest BCUT2D eigenvalue weighted by Crippen LogP contribution is -2.35. The van der Waals surface area contributed by atoms with Crippen LogP contribution in [-0.2, 0) is 16.1 Å². The van der Waals surface area contributed by atoms with Gasteiger partial charge in [-0.05, 0) is 53.2 Å². The molecule has 0 aliphatic heterocycles. The van der Waals surface area contributed by atoms with Crippen molar-refractivity contribution in [2.75, 3.05) is 0 Å². The lowest BCUT2D eigenvalue weighted by Gasteiger charge is -2.13. The number of furan rings is 1. The molecular formula is C15H13BrFNO4. The normalized spacial score (nSPS) is 11.8. The molecule has 0 spiro atoms. The molecule has 0 saturated heterocycles. The van der Waals surface area contributed by atoms with Crippen molar-refractivity contribution in [1.29, 1.82) is 0 Å². The van der Waals surface area contributed by atoms with E-state index in [0.717, 1.165) is 6.07 Å². The van der Waals surface area contributed by atoms with Gasteiger partial charge >= 0.3 is 5.97 Å². The Labute approximate surface area is 134 Å². The molecule has 5 nitrogen and oxygen atoms in total. The number of halogens is 2. The Kier molecular flexibility index (Phi) is 5.32. The SMILES string of the molecule is C[C@@H](OC(=O)c1cc(F)ccc1Br)C(=O)NCc1ccco1. The lowest BCUT2D eigenvalue weighted by atomic mass is 10.2. The monoisotopic (exact) mass is 369 g/mol. The number of esters is 1. The summed E-state index contributed by atoms with van der Waals surface area (Å²) < 4.78 is 23.7. The molecule has 2 rings (SSSR count). The molecule has 1 atom stereocenters. The molecule has 1 aromatic carbocycles. The predicted molar refractivity (Wildman–Crippen MR) is 79.5 cm³/mol. The summed E-state index contributed by atoms with van der Waals surface area (Å²) in [4.78, 5) is 23.8. The van der Waals surface area contributed by atoms with E-state index >= 15 is 0 Å². The predicted octanol–water partition coefficient (Wildman–Crippen LogP) is 3.04. The van der Waals surface area contributed by atoms with Crippen molar-refractivity contribution in [3.05, 3.63) is 58.2 Å². The molecule has 2 aromatic rings. The first kappa shape index (κ1) is 16.2. The summed E-state index contributed by atoms with van der Waals surface area (Å²) in [5.41, 5.74) is 0.0192. The van der Waals surface area contributed by atoms with Crippen LogP contribution in [0.15, 0.2) is 45.5 Å². The van der Waals surface area contributed by atoms with E-state index in [9.17, 15) is 14.0 Å². The fraction of sp³-hybridized carbons (Fsp3) is 0.200. The highest BCUT2D eigenvalue weighted by Gasteiger charge is 2.20. The smallest absolute Gasteiger partial charge is 0.340 e. The maximum absolute atomic E-state index is 13.2. The highest BCUT2D eigenvalue weighted by atomic mass is 79.9. The van der Waals surface area contributed by atoms with Gasteiger partial charge in [0.05, 0.1) is 18.4 Å². The topological polar surface area (TPSA) is 68.5 Å². The Bertz CT molecular complexity index is 672. The fourth-order valence-electron chi connectivity index (χ4n) is 1.66. The van der Waals surface area contributed by atoms with Crippen LogP contribution in [0.5, 0.6) is 0 Å². The molecular weight excluding hydrogens is 357 g/mol. The molecule has 1 aromatic heterocycles. The van der Waals surface area contributed by atoms with Crippen LogP contribution in [-0.4, -0.2) is 18.0 Å². The number of benzene rings is 1. The standard InChI is InChI=1S/C15H13BrFNO4/c1-9(14(19)18-8-11-3-2-6-21-11)22-15(20)12-7-10(17)4-5-13(12)16/h2-7,9H,8H2,1H3,(H,18,19)/t9-/m1/s1. The second-order valence-electron chi connectivity index (χ2n) is 4.47. The molecule has 1 heterocycles. The van der Waals surface area contributed by atoms with Crippen molar-refractivity contribution in [2.24, 2.45) is 0 Å². The van der Waals surface area contributed by atoms with Gasteiger partial charge in [-0.15, -0.1) is 0 Å². The molecule has 22 heavy (non-hydrogen) atoms. The van der Waals surface area contributed by atoms with Gasteiger partial charge in [-0.3, -0.25) is 4.79 Å². The van der Waals surface area contributed by atoms with Crippen molar-refractivity contribution < 1.29 is 23.1 Å². The van der Waals surface area contributed by atoms with E-state index in [2.05, 4.69) is 21.2 Å². The third-order valence-corrected chi connectivity index (χ3v) is 3.51. The third-order valence-electron chi connectivity index (χ3n) is 2.82. The third kappa shape index (κ3) is 4.17. The largest absolute Gasteiger partial charge is 0.467 e. The maximum atomic E-state index is 13.2. The summed E-state index contributed by atoms with van der Waals surface area (Å²) in [5, 5.41) is 2.57. The van der Waals surface area contributed by atoms with E-state index in [0.29, 0.717) is 10.2 Å². The zero-order chi connectivity index (χ0) is 16.1. The summed E-state index contributed by atoms with van der Waals surface area (Å²) >= 11 is 3.13. The number of carbonyl (C=O) groups is 2. The molecule has 0 aliphatic rings. The van der Waals surface area contributed by atoms with E-state index < -0.39 is 23.8 Å². The van der Waals surface area contributed by atoms with Crippen LogP contribution >= 0.6 is 15.9 Å². The Morgan fingerprint density at radius 1 is 1.41 bits per heavy atom. The minimum Gasteiger partial charge on any atom is -0.467 e. The quantitative estimate of drug-likeness (QED) is 0.822. The van der Waals surface area contributed by atoms with Gasteiger partial charge in [0.15, 0.2) is 6.10 Å². The van der Waals surface area contributed by atoms with E-state index in [-0.39, 0.29) is 12.1 Å². The molecule has 0 aliphatic carbocycles. The van der Waals surface area contributed by atoms with Gasteiger partial charge in [0.25, 0.3) is 5.91 Å². The van der Waals surface area contributed by atoms with E-state index in [1.807, 2.05) is 0 Å². The summed E-state index contributed by atoms with van der Waals surface area (Å²) in [6.07, 6.45) is 0.476. The molecule has 116 valence electrons. The minimum atomic E-state index is -1.02. The van der Waals surface area contributed by atoms with Gasteiger partial charge in [0.2, 0.25) is 0 Å². The van der Waals surface area contributed by atoms with Gasteiger partial charge in [0, 0.05) is 4.47 Å². The van der Waals surface area contributed by atoms with Crippen molar-refractivity contribution in [3.8, 4) is 0 Å². The average molecular weight is 370 g/mol. The Hall–Kier alpha value is -2.15. The molecule has 0 bridgehead atoms. The summed E-state index contributed by atoms with van der Waals surface area (Å²) in [7, 11) is 0. The number of ether oxygens (including phenoxy) is 1. The lowest BCUT2D eigenvalue weighted by molar-refractivity contribution is -0.129. The van der Waals surface area contributed by atoms with Crippen LogP contribution < -0.4 is 5.32 Å². The summed E-state index contributed by atoms with van der Waals surface area (Å²) in [6.45, 7) is 1.62. The van der Waals surface area contributed by atoms with Crippen LogP contribution in [0.4, 0.5) is 4.39 Å². The van der Waals surface area contributed by atoms with Crippen molar-refractivity contribution in [2.45, 2.75) is 19.6 Å². The number of nitrogens with one attached hydrogen (secondary N) is 1. The van der Waals surface area contributed by atoms with E-state index in [1.165, 1.54) is 25.3 Å². The Balaban J connectivity index is 1.92. The second kappa shape index (κ2) is 7.22. The molecule has 1 N–H and O–H groups in total. The van der Waals surface area contributed by atoms with Crippen LogP contribution in [0.3, 0.4) is 0 Å². The van der Waals surface area contributed by atoms with Crippen LogP contribution in [0, 0.1) is 5.82 Å². The molecule has 1 amide bonds. The van der Waals surface area contributed by atoms with Crippen LogP contribution in [0.1, 0.15) is 23.0 Å². The highest BCUT2D eigenvalue weighted by Crippen LogP contribution is 2.19. The highest BCUT2D eigenvalue weighted by molar-refractivity contribution is 9.10. The first-order valence-corrected chi connectivity index (χ1v) is 7.23. The molecule has 7 heteroatoms. The average Bonchev–Trinajstić information content (AvgIpc) is 3.00. The van der Waals surface area contributed by atoms with Crippen molar-refractivity contribution in [3.63, 3.8) is 0 Å². The van der Waals surface area contributed by atoms with Gasteiger partial charge in [-0.2, -0.15) is 0 Å². The zero-order valence-corrected chi connectivity index (χ0v) is 13.2. The molecule has 0 saturated carbocycles. The second-order valence-corrected chi connectivity index (χ2v) is 5.32. The molecule has 0 unspecified atom stereocenters. The van der Waals surface area contributed by atoms with E-state index in [4.69, 9.17) is 9.15 Å². The number of hydrogen-bond donors (Lipinski definition) is 1. The molecule has 0 radical (unpaired) electrons. The van der Waals surface area contributed by atoms with Gasteiger partial charge in [-0.1, -0.05) is 0 Å². The minimum absolute atomic E-state index is 0.0192. The number of carbonyl (C=O) groups excluding carboxylic acids is 2. The molecule has 0 fully saturated rings. The summed E-state index contributed by atoms with van der Waals surface area (Å²) in [5.74, 6) is -1.24. The fourth-order valence-corrected chi connectivity index (χ4v) is 2.07. The first-order chi connectivity index (χ1) is 10.5. The zero-order valence-electron chi connectivity index (χ0n) is 11.6. The summed E-state index contributed by atoms with van der Waals surface area (Å²) in [6, 6.07) is 7.06. The van der Waals surface area contributed by atoms with Crippen molar-refractivity contribution in [1.82, 2.24) is 5.32 Å². The van der Waals surface area contributed by atoms with E-state index in [1.54, 1.807) is 12.1 Å².